The Balaban J connectivity index is 1.67. The molecule has 3 aromatic carbocycles. The number of halogens is 1. The molecule has 0 spiro atoms. The van der Waals surface area contributed by atoms with Gasteiger partial charge in [0.25, 0.3) is 10.0 Å². The van der Waals surface area contributed by atoms with Crippen molar-refractivity contribution in [1.29, 1.82) is 0 Å². The van der Waals surface area contributed by atoms with Crippen LogP contribution in [-0.2, 0) is 24.8 Å². The van der Waals surface area contributed by atoms with Crippen molar-refractivity contribution < 1.29 is 40.2 Å². The molecule has 0 unspecified atom stereocenters. The molecule has 1 aliphatic rings. The Morgan fingerprint density at radius 2 is 1.40 bits per heavy atom. The van der Waals surface area contributed by atoms with Crippen LogP contribution < -0.4 is 23.8 Å². The van der Waals surface area contributed by atoms with Gasteiger partial charge in [0.15, 0.2) is 11.5 Å². The van der Waals surface area contributed by atoms with E-state index in [-0.39, 0.29) is 32.7 Å². The second-order valence-corrected chi connectivity index (χ2v) is 13.2. The molecule has 1 amide bonds. The maximum absolute atomic E-state index is 13.8. The third kappa shape index (κ3) is 6.61. The van der Waals surface area contributed by atoms with Crippen molar-refractivity contribution in [2.45, 2.75) is 29.1 Å². The number of sulfonamides is 2. The van der Waals surface area contributed by atoms with Crippen molar-refractivity contribution in [3.05, 3.63) is 66.5 Å². The molecule has 0 radical (unpaired) electrons. The number of benzene rings is 3. The summed E-state index contributed by atoms with van der Waals surface area (Å²) >= 11 is 0. The number of carbonyl (C=O) groups is 1. The molecule has 0 atom stereocenters. The van der Waals surface area contributed by atoms with Gasteiger partial charge < -0.3 is 19.5 Å². The summed E-state index contributed by atoms with van der Waals surface area (Å²) < 4.78 is 85.7. The molecule has 0 saturated carbocycles. The minimum Gasteiger partial charge on any atom is -0.495 e. The van der Waals surface area contributed by atoms with E-state index in [4.69, 9.17) is 14.2 Å². The van der Waals surface area contributed by atoms with E-state index >= 15 is 0 Å². The number of hydrogen-bond donors (Lipinski definition) is 1. The second kappa shape index (κ2) is 13.0. The molecule has 1 fully saturated rings. The Bertz CT molecular complexity index is 1640. The van der Waals surface area contributed by atoms with Crippen LogP contribution in [0.2, 0.25) is 0 Å². The minimum atomic E-state index is -4.39. The van der Waals surface area contributed by atoms with Crippen molar-refractivity contribution in [1.82, 2.24) is 4.31 Å². The standard InChI is InChI=1S/C28H32FN3O8S2/c1-38-25-13-11-22(41(34,35)31-15-5-4-6-16-31)17-24(25)30-28(33)19-32(21-9-7-20(29)8-10-21)42(36,37)23-12-14-26(39-2)27(18-23)40-3/h7-14,17-18H,4-6,15-16,19H2,1-3H3,(H,30,33). The first-order chi connectivity index (χ1) is 20.0. The molecule has 1 N–H and O–H groups in total. The fourth-order valence-electron chi connectivity index (χ4n) is 4.55. The largest absolute Gasteiger partial charge is 0.495 e. The molecule has 1 heterocycles. The number of nitrogens with zero attached hydrogens (tertiary/aromatic N) is 2. The van der Waals surface area contributed by atoms with Crippen LogP contribution in [0.3, 0.4) is 0 Å². The van der Waals surface area contributed by atoms with Gasteiger partial charge in [0.2, 0.25) is 15.9 Å². The Hall–Kier alpha value is -3.88. The number of anilines is 2. The Morgan fingerprint density at radius 1 is 0.810 bits per heavy atom. The van der Waals surface area contributed by atoms with Crippen molar-refractivity contribution >= 4 is 37.3 Å². The lowest BCUT2D eigenvalue weighted by molar-refractivity contribution is -0.114. The summed E-state index contributed by atoms with van der Waals surface area (Å²) in [5.41, 5.74) is 0.0675. The number of ether oxygens (including phenoxy) is 3. The zero-order valence-corrected chi connectivity index (χ0v) is 25.0. The van der Waals surface area contributed by atoms with Gasteiger partial charge in [-0.3, -0.25) is 9.10 Å². The number of nitrogens with one attached hydrogen (secondary N) is 1. The van der Waals surface area contributed by atoms with Crippen molar-refractivity contribution in [3.8, 4) is 17.2 Å². The van der Waals surface area contributed by atoms with Crippen LogP contribution in [0.15, 0.2) is 70.5 Å². The van der Waals surface area contributed by atoms with Gasteiger partial charge in [-0.2, -0.15) is 4.31 Å². The van der Waals surface area contributed by atoms with Crippen molar-refractivity contribution in [3.63, 3.8) is 0 Å². The summed E-state index contributed by atoms with van der Waals surface area (Å²) in [6.07, 6.45) is 2.46. The van der Waals surface area contributed by atoms with Crippen LogP contribution in [0.4, 0.5) is 15.8 Å². The first-order valence-electron chi connectivity index (χ1n) is 13.0. The van der Waals surface area contributed by atoms with Gasteiger partial charge in [0.05, 0.1) is 42.5 Å². The lowest BCUT2D eigenvalue weighted by Crippen LogP contribution is -2.38. The van der Waals surface area contributed by atoms with Gasteiger partial charge in [-0.25, -0.2) is 21.2 Å². The molecule has 14 heteroatoms. The van der Waals surface area contributed by atoms with Gasteiger partial charge in [0, 0.05) is 19.2 Å². The molecule has 1 aliphatic heterocycles. The van der Waals surface area contributed by atoms with E-state index < -0.39 is 38.3 Å². The highest BCUT2D eigenvalue weighted by molar-refractivity contribution is 7.92. The van der Waals surface area contributed by atoms with E-state index in [1.807, 2.05) is 0 Å². The van der Waals surface area contributed by atoms with Gasteiger partial charge >= 0.3 is 0 Å². The quantitative estimate of drug-likeness (QED) is 0.342. The number of piperidine rings is 1. The normalized spacial score (nSPS) is 14.2. The number of carbonyl (C=O) groups excluding carboxylic acids is 1. The summed E-state index contributed by atoms with van der Waals surface area (Å²) in [7, 11) is -4.10. The van der Waals surface area contributed by atoms with E-state index in [9.17, 15) is 26.0 Å². The zero-order valence-electron chi connectivity index (χ0n) is 23.4. The first kappa shape index (κ1) is 31.1. The smallest absolute Gasteiger partial charge is 0.264 e. The lowest BCUT2D eigenvalue weighted by atomic mass is 10.2. The Morgan fingerprint density at radius 3 is 2.02 bits per heavy atom. The summed E-state index contributed by atoms with van der Waals surface area (Å²) in [5.74, 6) is -0.762. The Kier molecular flexibility index (Phi) is 9.59. The van der Waals surface area contributed by atoms with Gasteiger partial charge in [0.1, 0.15) is 18.1 Å². The molecule has 4 rings (SSSR count). The summed E-state index contributed by atoms with van der Waals surface area (Å²) in [4.78, 5) is 13.1. The van der Waals surface area contributed by atoms with Crippen LogP contribution in [0, 0.1) is 5.82 Å². The van der Waals surface area contributed by atoms with E-state index in [0.29, 0.717) is 18.8 Å². The SMILES string of the molecule is COc1ccc(S(=O)(=O)N2CCCCC2)cc1NC(=O)CN(c1ccc(F)cc1)S(=O)(=O)c1ccc(OC)c(OC)c1. The minimum absolute atomic E-state index is 0.0229. The van der Waals surface area contributed by atoms with Gasteiger partial charge in [-0.15, -0.1) is 0 Å². The molecule has 42 heavy (non-hydrogen) atoms. The topological polar surface area (TPSA) is 132 Å². The third-order valence-corrected chi connectivity index (χ3v) is 10.4. The van der Waals surface area contributed by atoms with Crippen molar-refractivity contribution in [2.75, 3.05) is 50.6 Å². The average Bonchev–Trinajstić information content (AvgIpc) is 3.00. The van der Waals surface area contributed by atoms with Crippen LogP contribution in [-0.4, -0.2) is 68.0 Å². The molecule has 0 aliphatic carbocycles. The van der Waals surface area contributed by atoms with E-state index in [2.05, 4.69) is 5.32 Å². The average molecular weight is 622 g/mol. The highest BCUT2D eigenvalue weighted by Gasteiger charge is 2.30. The van der Waals surface area contributed by atoms with E-state index in [1.165, 1.54) is 74.2 Å². The maximum atomic E-state index is 13.8. The number of rotatable bonds is 11. The molecule has 11 nitrogen and oxygen atoms in total. The second-order valence-electron chi connectivity index (χ2n) is 9.38. The summed E-state index contributed by atoms with van der Waals surface area (Å²) in [5, 5.41) is 2.58. The van der Waals surface area contributed by atoms with E-state index in [0.717, 1.165) is 35.7 Å². The summed E-state index contributed by atoms with van der Waals surface area (Å²) in [6.45, 7) is 0.0714. The predicted molar refractivity (Wildman–Crippen MR) is 155 cm³/mol. The van der Waals surface area contributed by atoms with Gasteiger partial charge in [-0.05, 0) is 67.4 Å². The highest BCUT2D eigenvalue weighted by atomic mass is 32.2. The van der Waals surface area contributed by atoms with Crippen LogP contribution in [0.25, 0.3) is 0 Å². The first-order valence-corrected chi connectivity index (χ1v) is 15.9. The van der Waals surface area contributed by atoms with Crippen LogP contribution in [0.1, 0.15) is 19.3 Å². The molecule has 3 aromatic rings. The fraction of sp³-hybridized carbons (Fsp3) is 0.321. The highest BCUT2D eigenvalue weighted by Crippen LogP contribution is 2.33. The number of hydrogen-bond acceptors (Lipinski definition) is 8. The fourth-order valence-corrected chi connectivity index (χ4v) is 7.53. The molecular weight excluding hydrogens is 589 g/mol. The monoisotopic (exact) mass is 621 g/mol. The predicted octanol–water partition coefficient (Wildman–Crippen LogP) is 3.86. The maximum Gasteiger partial charge on any atom is 0.264 e. The number of methoxy groups -OCH3 is 3. The van der Waals surface area contributed by atoms with Crippen LogP contribution >= 0.6 is 0 Å². The van der Waals surface area contributed by atoms with E-state index in [1.54, 1.807) is 0 Å². The van der Waals surface area contributed by atoms with Crippen molar-refractivity contribution in [2.24, 2.45) is 0 Å². The number of amides is 1. The molecule has 1 saturated heterocycles. The molecule has 0 bridgehead atoms. The lowest BCUT2D eigenvalue weighted by Gasteiger charge is -2.26. The van der Waals surface area contributed by atoms with Gasteiger partial charge in [-0.1, -0.05) is 6.42 Å². The third-order valence-electron chi connectivity index (χ3n) is 6.74. The zero-order chi connectivity index (χ0) is 30.5. The summed E-state index contributed by atoms with van der Waals surface area (Å²) in [6, 6.07) is 12.7. The Labute approximate surface area is 244 Å². The van der Waals surface area contributed by atoms with Crippen LogP contribution in [0.5, 0.6) is 17.2 Å². The molecule has 226 valence electrons. The molecular formula is C28H32FN3O8S2. The molecule has 0 aromatic heterocycles.